The Balaban J connectivity index is 3.13. The SMILES string of the molecule is Cc1cc(OC(F)F)cc(CC(=O)O)c1CCl. The number of ether oxygens (including phenoxy) is 1. The van der Waals surface area contributed by atoms with Gasteiger partial charge in [0.2, 0.25) is 0 Å². The Hall–Kier alpha value is -1.36. The Kier molecular flexibility index (Phi) is 4.69. The maximum Gasteiger partial charge on any atom is 0.387 e. The molecule has 0 aliphatic heterocycles. The average molecular weight is 265 g/mol. The van der Waals surface area contributed by atoms with E-state index in [4.69, 9.17) is 16.7 Å². The van der Waals surface area contributed by atoms with Crippen molar-refractivity contribution in [3.63, 3.8) is 0 Å². The van der Waals surface area contributed by atoms with Gasteiger partial charge < -0.3 is 9.84 Å². The molecular weight excluding hydrogens is 254 g/mol. The Labute approximate surface area is 102 Å². The van der Waals surface area contributed by atoms with Gasteiger partial charge in [-0.15, -0.1) is 11.6 Å². The molecule has 0 aliphatic rings. The van der Waals surface area contributed by atoms with E-state index in [0.717, 1.165) is 0 Å². The van der Waals surface area contributed by atoms with Crippen LogP contribution in [0.4, 0.5) is 8.78 Å². The van der Waals surface area contributed by atoms with Crippen molar-refractivity contribution in [3.8, 4) is 5.75 Å². The van der Waals surface area contributed by atoms with E-state index in [-0.39, 0.29) is 18.1 Å². The lowest BCUT2D eigenvalue weighted by Crippen LogP contribution is -2.07. The first-order chi connectivity index (χ1) is 7.93. The molecule has 1 N–H and O–H groups in total. The largest absolute Gasteiger partial charge is 0.481 e. The maximum absolute atomic E-state index is 12.1. The van der Waals surface area contributed by atoms with Crippen LogP contribution in [0.25, 0.3) is 0 Å². The molecule has 3 nitrogen and oxygen atoms in total. The molecule has 0 aliphatic carbocycles. The molecule has 0 saturated heterocycles. The lowest BCUT2D eigenvalue weighted by Gasteiger charge is -2.12. The van der Waals surface area contributed by atoms with E-state index in [1.807, 2.05) is 0 Å². The van der Waals surface area contributed by atoms with Crippen LogP contribution < -0.4 is 4.74 Å². The molecule has 17 heavy (non-hydrogen) atoms. The molecule has 0 unspecified atom stereocenters. The number of benzene rings is 1. The second-order valence-electron chi connectivity index (χ2n) is 3.46. The minimum atomic E-state index is -2.94. The Morgan fingerprint density at radius 3 is 2.65 bits per heavy atom. The number of carboxylic acid groups (broad SMARTS) is 1. The van der Waals surface area contributed by atoms with Gasteiger partial charge in [-0.1, -0.05) is 0 Å². The molecule has 6 heteroatoms. The van der Waals surface area contributed by atoms with E-state index in [2.05, 4.69) is 4.74 Å². The molecule has 0 heterocycles. The summed E-state index contributed by atoms with van der Waals surface area (Å²) in [6.07, 6.45) is -0.274. The second kappa shape index (κ2) is 5.82. The highest BCUT2D eigenvalue weighted by Gasteiger charge is 2.13. The third kappa shape index (κ3) is 3.85. The summed E-state index contributed by atoms with van der Waals surface area (Å²) < 4.78 is 28.4. The van der Waals surface area contributed by atoms with E-state index in [1.165, 1.54) is 12.1 Å². The van der Waals surface area contributed by atoms with Crippen LogP contribution in [0.5, 0.6) is 5.75 Å². The highest BCUT2D eigenvalue weighted by atomic mass is 35.5. The quantitative estimate of drug-likeness (QED) is 0.832. The van der Waals surface area contributed by atoms with Crippen LogP contribution in [-0.4, -0.2) is 17.7 Å². The molecule has 0 aromatic heterocycles. The van der Waals surface area contributed by atoms with Crippen molar-refractivity contribution in [1.29, 1.82) is 0 Å². The Morgan fingerprint density at radius 2 is 2.18 bits per heavy atom. The first-order valence-electron chi connectivity index (χ1n) is 4.79. The molecule has 1 aromatic carbocycles. The van der Waals surface area contributed by atoms with Crippen LogP contribution >= 0.6 is 11.6 Å². The van der Waals surface area contributed by atoms with E-state index in [9.17, 15) is 13.6 Å². The lowest BCUT2D eigenvalue weighted by molar-refractivity contribution is -0.136. The molecule has 0 atom stereocenters. The van der Waals surface area contributed by atoms with Gasteiger partial charge in [0.25, 0.3) is 0 Å². The van der Waals surface area contributed by atoms with Crippen LogP contribution in [0.15, 0.2) is 12.1 Å². The normalized spacial score (nSPS) is 10.6. The van der Waals surface area contributed by atoms with Crippen LogP contribution in [0.1, 0.15) is 16.7 Å². The number of alkyl halides is 3. The minimum absolute atomic E-state index is 0.0531. The zero-order valence-corrected chi connectivity index (χ0v) is 9.80. The molecule has 0 radical (unpaired) electrons. The van der Waals surface area contributed by atoms with Crippen LogP contribution in [0.2, 0.25) is 0 Å². The van der Waals surface area contributed by atoms with Crippen molar-refractivity contribution in [3.05, 3.63) is 28.8 Å². The Bertz CT molecular complexity index is 421. The average Bonchev–Trinajstić information content (AvgIpc) is 2.14. The summed E-state index contributed by atoms with van der Waals surface area (Å²) in [7, 11) is 0. The van der Waals surface area contributed by atoms with Gasteiger partial charge in [0.15, 0.2) is 0 Å². The molecule has 0 saturated carbocycles. The molecule has 1 rings (SSSR count). The second-order valence-corrected chi connectivity index (χ2v) is 3.73. The highest BCUT2D eigenvalue weighted by molar-refractivity contribution is 6.17. The number of hydrogen-bond donors (Lipinski definition) is 1. The standard InChI is InChI=1S/C11H11ClF2O3/c1-6-2-8(17-11(13)14)3-7(4-10(15)16)9(6)5-12/h2-3,11H,4-5H2,1H3,(H,15,16). The fraction of sp³-hybridized carbons (Fsp3) is 0.364. The zero-order chi connectivity index (χ0) is 13.0. The molecule has 94 valence electrons. The molecule has 1 aromatic rings. The van der Waals surface area contributed by atoms with Gasteiger partial charge in [-0.3, -0.25) is 4.79 Å². The predicted octanol–water partition coefficient (Wildman–Crippen LogP) is 2.96. The lowest BCUT2D eigenvalue weighted by atomic mass is 10.0. The van der Waals surface area contributed by atoms with Crippen molar-refractivity contribution < 1.29 is 23.4 Å². The van der Waals surface area contributed by atoms with Crippen molar-refractivity contribution in [2.24, 2.45) is 0 Å². The summed E-state index contributed by atoms with van der Waals surface area (Å²) in [5.74, 6) is -0.976. The fourth-order valence-electron chi connectivity index (χ4n) is 1.54. The van der Waals surface area contributed by atoms with Crippen LogP contribution in [-0.2, 0) is 17.1 Å². The van der Waals surface area contributed by atoms with Gasteiger partial charge in [-0.25, -0.2) is 0 Å². The fourth-order valence-corrected chi connectivity index (χ4v) is 1.92. The maximum atomic E-state index is 12.1. The third-order valence-corrected chi connectivity index (χ3v) is 2.51. The Morgan fingerprint density at radius 1 is 1.53 bits per heavy atom. The molecular formula is C11H11ClF2O3. The smallest absolute Gasteiger partial charge is 0.387 e. The van der Waals surface area contributed by atoms with Gasteiger partial charge in [0.05, 0.1) is 6.42 Å². The molecule has 0 bridgehead atoms. The van der Waals surface area contributed by atoms with Crippen molar-refractivity contribution in [2.75, 3.05) is 0 Å². The van der Waals surface area contributed by atoms with Gasteiger partial charge >= 0.3 is 12.6 Å². The zero-order valence-electron chi connectivity index (χ0n) is 9.04. The first kappa shape index (κ1) is 13.7. The van der Waals surface area contributed by atoms with Gasteiger partial charge in [0.1, 0.15) is 5.75 Å². The number of halogens is 3. The number of rotatable bonds is 5. The molecule has 0 fully saturated rings. The van der Waals surface area contributed by atoms with E-state index in [1.54, 1.807) is 6.92 Å². The van der Waals surface area contributed by atoms with Crippen molar-refractivity contribution in [2.45, 2.75) is 25.8 Å². The number of carboxylic acids is 1. The van der Waals surface area contributed by atoms with E-state index < -0.39 is 12.6 Å². The van der Waals surface area contributed by atoms with E-state index in [0.29, 0.717) is 16.7 Å². The highest BCUT2D eigenvalue weighted by Crippen LogP contribution is 2.25. The summed E-state index contributed by atoms with van der Waals surface area (Å²) in [4.78, 5) is 10.6. The van der Waals surface area contributed by atoms with E-state index >= 15 is 0 Å². The van der Waals surface area contributed by atoms with Crippen molar-refractivity contribution in [1.82, 2.24) is 0 Å². The topological polar surface area (TPSA) is 46.5 Å². The van der Waals surface area contributed by atoms with Crippen LogP contribution in [0.3, 0.4) is 0 Å². The third-order valence-electron chi connectivity index (χ3n) is 2.24. The summed E-state index contributed by atoms with van der Waals surface area (Å²) in [6, 6.07) is 2.69. The number of aliphatic carboxylic acids is 1. The number of aryl methyl sites for hydroxylation is 1. The van der Waals surface area contributed by atoms with Gasteiger partial charge in [-0.05, 0) is 35.7 Å². The number of hydrogen-bond acceptors (Lipinski definition) is 2. The minimum Gasteiger partial charge on any atom is -0.481 e. The van der Waals surface area contributed by atoms with Crippen LogP contribution in [0, 0.1) is 6.92 Å². The predicted molar refractivity (Wildman–Crippen MR) is 58.7 cm³/mol. The molecule has 0 spiro atoms. The first-order valence-corrected chi connectivity index (χ1v) is 5.32. The molecule has 0 amide bonds. The monoisotopic (exact) mass is 264 g/mol. The van der Waals surface area contributed by atoms with Crippen molar-refractivity contribution >= 4 is 17.6 Å². The summed E-state index contributed by atoms with van der Waals surface area (Å²) >= 11 is 5.70. The number of carbonyl (C=O) groups is 1. The summed E-state index contributed by atoms with van der Waals surface area (Å²) in [5, 5.41) is 8.72. The van der Waals surface area contributed by atoms with Gasteiger partial charge in [-0.2, -0.15) is 8.78 Å². The summed E-state index contributed by atoms with van der Waals surface area (Å²) in [5.41, 5.74) is 1.66. The van der Waals surface area contributed by atoms with Gasteiger partial charge in [0, 0.05) is 5.88 Å². The summed E-state index contributed by atoms with van der Waals surface area (Å²) in [6.45, 7) is -1.27.